The zero-order valence-electron chi connectivity index (χ0n) is 4.55. The van der Waals surface area contributed by atoms with Gasteiger partial charge in [0.1, 0.15) is 6.34 Å². The van der Waals surface area contributed by atoms with Gasteiger partial charge in [0.25, 0.3) is 0 Å². The molecule has 1 unspecified atom stereocenters. The van der Waals surface area contributed by atoms with E-state index in [0.717, 1.165) is 5.71 Å². The van der Waals surface area contributed by atoms with E-state index >= 15 is 0 Å². The summed E-state index contributed by atoms with van der Waals surface area (Å²) in [6.45, 7) is 4.01. The van der Waals surface area contributed by atoms with Gasteiger partial charge in [-0.2, -0.15) is 0 Å². The maximum absolute atomic E-state index is 3.99. The van der Waals surface area contributed by atoms with Crippen LogP contribution in [0.25, 0.3) is 0 Å². The summed E-state index contributed by atoms with van der Waals surface area (Å²) in [5, 5.41) is 0. The molecule has 1 aliphatic heterocycles. The molecule has 0 radical (unpaired) electrons. The van der Waals surface area contributed by atoms with Gasteiger partial charge in [-0.25, -0.2) is 4.99 Å². The smallest absolute Gasteiger partial charge is 0.110 e. The molecule has 0 spiro atoms. The van der Waals surface area contributed by atoms with Gasteiger partial charge < -0.3 is 0 Å². The molecule has 0 aromatic carbocycles. The van der Waals surface area contributed by atoms with Gasteiger partial charge in [0.15, 0.2) is 0 Å². The third-order valence-corrected chi connectivity index (χ3v) is 1.16. The summed E-state index contributed by atoms with van der Waals surface area (Å²) in [6.07, 6.45) is 1.61. The first kappa shape index (κ1) is 4.50. The summed E-state index contributed by atoms with van der Waals surface area (Å²) in [7, 11) is 0. The molecule has 1 aliphatic rings. The molecule has 0 saturated heterocycles. The molecule has 0 bridgehead atoms. The molecule has 0 aromatic heterocycles. The Labute approximate surface area is 43.0 Å². The lowest BCUT2D eigenvalue weighted by Crippen LogP contribution is -2.04. The van der Waals surface area contributed by atoms with Crippen molar-refractivity contribution < 1.29 is 0 Å². The van der Waals surface area contributed by atoms with Crippen LogP contribution in [0.1, 0.15) is 13.8 Å². The highest BCUT2D eigenvalue weighted by Crippen LogP contribution is 1.97. The van der Waals surface area contributed by atoms with Crippen molar-refractivity contribution in [2.75, 3.05) is 0 Å². The van der Waals surface area contributed by atoms with E-state index in [-0.39, 0.29) is 0 Å². The first-order chi connectivity index (χ1) is 3.30. The molecule has 1 atom stereocenters. The highest BCUT2D eigenvalue weighted by Gasteiger charge is 2.04. The van der Waals surface area contributed by atoms with Crippen molar-refractivity contribution in [2.24, 2.45) is 9.98 Å². The predicted molar refractivity (Wildman–Crippen MR) is 31.1 cm³/mol. The molecule has 0 amide bonds. The van der Waals surface area contributed by atoms with Gasteiger partial charge in [-0.05, 0) is 13.8 Å². The van der Waals surface area contributed by atoms with Crippen molar-refractivity contribution in [3.8, 4) is 0 Å². The predicted octanol–water partition coefficient (Wildman–Crippen LogP) is 0.878. The minimum Gasteiger partial charge on any atom is -0.264 e. The number of aliphatic imine (C=N–C) groups is 2. The minimum absolute atomic E-state index is 0.333. The molecule has 0 fully saturated rings. The molecular formula is C5H8N2. The van der Waals surface area contributed by atoms with E-state index in [1.54, 1.807) is 6.34 Å². The van der Waals surface area contributed by atoms with Crippen molar-refractivity contribution >= 4 is 12.1 Å². The highest BCUT2D eigenvalue weighted by atomic mass is 15.0. The van der Waals surface area contributed by atoms with Crippen LogP contribution in [0.5, 0.6) is 0 Å². The van der Waals surface area contributed by atoms with E-state index in [4.69, 9.17) is 0 Å². The highest BCUT2D eigenvalue weighted by molar-refractivity contribution is 5.96. The second-order valence-corrected chi connectivity index (χ2v) is 1.71. The van der Waals surface area contributed by atoms with E-state index in [1.807, 2.05) is 13.8 Å². The Balaban J connectivity index is 2.69. The number of nitrogens with zero attached hydrogens (tertiary/aromatic N) is 2. The van der Waals surface area contributed by atoms with Crippen molar-refractivity contribution in [2.45, 2.75) is 19.9 Å². The molecule has 7 heavy (non-hydrogen) atoms. The molecule has 1 heterocycles. The summed E-state index contributed by atoms with van der Waals surface area (Å²) in [6, 6.07) is 0.333. The van der Waals surface area contributed by atoms with Crippen molar-refractivity contribution in [3.05, 3.63) is 0 Å². The summed E-state index contributed by atoms with van der Waals surface area (Å²) >= 11 is 0. The van der Waals surface area contributed by atoms with Gasteiger partial charge in [-0.3, -0.25) is 4.99 Å². The Morgan fingerprint density at radius 1 is 1.71 bits per heavy atom. The number of hydrogen-bond donors (Lipinski definition) is 0. The fraction of sp³-hybridized carbons (Fsp3) is 0.600. The second-order valence-electron chi connectivity index (χ2n) is 1.71. The van der Waals surface area contributed by atoms with Gasteiger partial charge in [-0.1, -0.05) is 0 Å². The molecule has 1 rings (SSSR count). The molecule has 2 nitrogen and oxygen atoms in total. The lowest BCUT2D eigenvalue weighted by Gasteiger charge is -1.92. The van der Waals surface area contributed by atoms with Crippen LogP contribution in [0.15, 0.2) is 9.98 Å². The largest absolute Gasteiger partial charge is 0.264 e. The third kappa shape index (κ3) is 0.683. The van der Waals surface area contributed by atoms with Crippen LogP contribution in [0.2, 0.25) is 0 Å². The van der Waals surface area contributed by atoms with Gasteiger partial charge >= 0.3 is 0 Å². The zero-order chi connectivity index (χ0) is 5.28. The Kier molecular flexibility index (Phi) is 0.929. The molecule has 0 aliphatic carbocycles. The third-order valence-electron chi connectivity index (χ3n) is 1.16. The SMILES string of the molecule is CC1=NC=NC1C. The molecule has 0 saturated carbocycles. The zero-order valence-corrected chi connectivity index (χ0v) is 4.55. The summed E-state index contributed by atoms with van der Waals surface area (Å²) in [5.74, 6) is 0. The summed E-state index contributed by atoms with van der Waals surface area (Å²) in [5.41, 5.74) is 1.11. The Morgan fingerprint density at radius 2 is 2.43 bits per heavy atom. The van der Waals surface area contributed by atoms with E-state index in [9.17, 15) is 0 Å². The molecule has 0 aromatic rings. The van der Waals surface area contributed by atoms with Crippen LogP contribution >= 0.6 is 0 Å². The summed E-state index contributed by atoms with van der Waals surface area (Å²) in [4.78, 5) is 7.93. The maximum Gasteiger partial charge on any atom is 0.110 e. The Hall–Kier alpha value is -0.660. The topological polar surface area (TPSA) is 24.7 Å². The standard InChI is InChI=1S/C5H8N2/c1-4-5(2)7-3-6-4/h3-4H,1-2H3. The monoisotopic (exact) mass is 96.1 g/mol. The second kappa shape index (κ2) is 1.45. The van der Waals surface area contributed by atoms with Crippen molar-refractivity contribution in [3.63, 3.8) is 0 Å². The Morgan fingerprint density at radius 3 is 2.57 bits per heavy atom. The minimum atomic E-state index is 0.333. The van der Waals surface area contributed by atoms with Crippen LogP contribution in [-0.4, -0.2) is 18.1 Å². The first-order valence-corrected chi connectivity index (χ1v) is 2.36. The number of rotatable bonds is 0. The number of hydrogen-bond acceptors (Lipinski definition) is 2. The van der Waals surface area contributed by atoms with Crippen molar-refractivity contribution in [1.29, 1.82) is 0 Å². The van der Waals surface area contributed by atoms with Gasteiger partial charge in [0.2, 0.25) is 0 Å². The molecular weight excluding hydrogens is 88.1 g/mol. The molecule has 0 N–H and O–H groups in total. The van der Waals surface area contributed by atoms with E-state index in [2.05, 4.69) is 9.98 Å². The lowest BCUT2D eigenvalue weighted by molar-refractivity contribution is 0.998. The fourth-order valence-corrected chi connectivity index (χ4v) is 0.440. The van der Waals surface area contributed by atoms with Crippen LogP contribution in [0.4, 0.5) is 0 Å². The van der Waals surface area contributed by atoms with Crippen LogP contribution < -0.4 is 0 Å². The van der Waals surface area contributed by atoms with Crippen LogP contribution in [0.3, 0.4) is 0 Å². The Bertz CT molecular complexity index is 124. The van der Waals surface area contributed by atoms with Crippen LogP contribution in [-0.2, 0) is 0 Å². The summed E-state index contributed by atoms with van der Waals surface area (Å²) < 4.78 is 0. The van der Waals surface area contributed by atoms with Crippen LogP contribution in [0, 0.1) is 0 Å². The van der Waals surface area contributed by atoms with E-state index in [0.29, 0.717) is 6.04 Å². The quantitative estimate of drug-likeness (QED) is 0.427. The van der Waals surface area contributed by atoms with Gasteiger partial charge in [0, 0.05) is 5.71 Å². The van der Waals surface area contributed by atoms with E-state index < -0.39 is 0 Å². The van der Waals surface area contributed by atoms with E-state index in [1.165, 1.54) is 0 Å². The average molecular weight is 96.1 g/mol. The van der Waals surface area contributed by atoms with Gasteiger partial charge in [0.05, 0.1) is 6.04 Å². The average Bonchev–Trinajstić information content (AvgIpc) is 1.91. The maximum atomic E-state index is 3.99. The lowest BCUT2D eigenvalue weighted by atomic mass is 10.2. The first-order valence-electron chi connectivity index (χ1n) is 2.36. The normalized spacial score (nSPS) is 28.3. The molecule has 38 valence electrons. The molecule has 2 heteroatoms. The fourth-order valence-electron chi connectivity index (χ4n) is 0.440. The van der Waals surface area contributed by atoms with Crippen molar-refractivity contribution in [1.82, 2.24) is 0 Å². The van der Waals surface area contributed by atoms with Gasteiger partial charge in [-0.15, -0.1) is 0 Å².